The molecule has 236 valence electrons. The molecule has 4 heterocycles. The number of fused-ring (bicyclic) bond motifs is 3. The number of hydrogen-bond acceptors (Lipinski definition) is 6. The molecule has 0 unspecified atom stereocenters. The summed E-state index contributed by atoms with van der Waals surface area (Å²) in [6.07, 6.45) is 6.08. The summed E-state index contributed by atoms with van der Waals surface area (Å²) in [6, 6.07) is 43.4. The topological polar surface area (TPSA) is 75.0 Å². The van der Waals surface area contributed by atoms with E-state index in [0.29, 0.717) is 34.0 Å². The second-order valence-electron chi connectivity index (χ2n) is 10.3. The number of rotatable bonds is 7. The number of hydrogen-bond donors (Lipinski definition) is 0. The predicted molar refractivity (Wildman–Crippen MR) is 176 cm³/mol. The van der Waals surface area contributed by atoms with Crippen LogP contribution in [0.4, 0.5) is 0 Å². The van der Waals surface area contributed by atoms with Gasteiger partial charge in [0.1, 0.15) is 0 Å². The van der Waals surface area contributed by atoms with E-state index < -0.39 is 6.85 Å². The first-order chi connectivity index (χ1) is 23.9. The average Bonchev–Trinajstić information content (AvgIpc) is 3.45. The molecule has 0 amide bonds. The van der Waals surface area contributed by atoms with Crippen LogP contribution in [0.5, 0.6) is 23.0 Å². The monoisotopic (exact) mass is 808 g/mol. The smallest absolute Gasteiger partial charge is 0.503 e. The van der Waals surface area contributed by atoms with Crippen molar-refractivity contribution in [1.82, 2.24) is 24.5 Å². The summed E-state index contributed by atoms with van der Waals surface area (Å²) in [6.45, 7) is -2.35. The molecule has 0 N–H and O–H groups in total. The van der Waals surface area contributed by atoms with Crippen LogP contribution in [0, 0.1) is 31.1 Å². The Morgan fingerprint density at radius 3 is 1.50 bits per heavy atom. The Morgan fingerprint density at radius 2 is 1.04 bits per heavy atom. The molecule has 4 aromatic heterocycles. The molecule has 0 aliphatic rings. The van der Waals surface area contributed by atoms with Gasteiger partial charge in [-0.05, 0) is 35.9 Å². The summed E-state index contributed by atoms with van der Waals surface area (Å²) in [5, 5.41) is 1.67. The Kier molecular flexibility index (Phi) is 8.74. The number of aromatic nitrogens is 5. The predicted octanol–water partition coefficient (Wildman–Crippen LogP) is 8.79. The van der Waals surface area contributed by atoms with Crippen LogP contribution in [0.1, 0.15) is 9.68 Å². The van der Waals surface area contributed by atoms with Gasteiger partial charge in [0, 0.05) is 51.9 Å². The van der Waals surface area contributed by atoms with Gasteiger partial charge in [-0.2, -0.15) is 22.9 Å². The molecule has 0 aliphatic carbocycles. The second-order valence-corrected chi connectivity index (χ2v) is 10.3. The molecule has 8 aromatic rings. The van der Waals surface area contributed by atoms with Crippen molar-refractivity contribution < 1.29 is 54.4 Å². The SMILES string of the molecule is [2H]C([2H])([2H])c1cnc(-n2c3[c-]c(Oc4[c-]c(-c5ccccn5)ccc4)ccc3c3ccc(Oc4[c-]c(-c5ccccn5)ccc4)[c-]c32)nc1.[Pd+2].[Pd+2]. The summed E-state index contributed by atoms with van der Waals surface area (Å²) in [4.78, 5) is 17.7. The summed E-state index contributed by atoms with van der Waals surface area (Å²) in [5.74, 6) is 2.09. The van der Waals surface area contributed by atoms with Gasteiger partial charge in [-0.15, -0.1) is 71.8 Å². The number of benzene rings is 4. The number of nitrogens with zero attached hydrogens (tertiary/aromatic N) is 5. The van der Waals surface area contributed by atoms with Crippen molar-refractivity contribution in [3.63, 3.8) is 0 Å². The summed E-state index contributed by atoms with van der Waals surface area (Å²) >= 11 is 0. The van der Waals surface area contributed by atoms with Crippen molar-refractivity contribution in [1.29, 1.82) is 0 Å². The molecule has 48 heavy (non-hydrogen) atoms. The van der Waals surface area contributed by atoms with Gasteiger partial charge in [0.05, 0.1) is 0 Å². The first-order valence-corrected chi connectivity index (χ1v) is 14.4. The van der Waals surface area contributed by atoms with Crippen molar-refractivity contribution in [3.8, 4) is 51.5 Å². The third-order valence-electron chi connectivity index (χ3n) is 7.23. The van der Waals surface area contributed by atoms with E-state index in [1.165, 1.54) is 12.4 Å². The van der Waals surface area contributed by atoms with E-state index in [2.05, 4.69) is 44.2 Å². The molecule has 7 nitrogen and oxygen atoms in total. The van der Waals surface area contributed by atoms with Crippen LogP contribution in [0.25, 0.3) is 50.3 Å². The molecule has 9 heteroatoms. The van der Waals surface area contributed by atoms with E-state index in [9.17, 15) is 0 Å². The van der Waals surface area contributed by atoms with E-state index in [-0.39, 0.29) is 52.4 Å². The van der Waals surface area contributed by atoms with Crippen LogP contribution in [0.2, 0.25) is 0 Å². The zero-order valence-corrected chi connectivity index (χ0v) is 27.8. The third-order valence-corrected chi connectivity index (χ3v) is 7.23. The molecule has 0 fully saturated rings. The number of aryl methyl sites for hydroxylation is 1. The second kappa shape index (κ2) is 14.4. The van der Waals surface area contributed by atoms with E-state index in [1.54, 1.807) is 17.0 Å². The van der Waals surface area contributed by atoms with Gasteiger partial charge in [-0.3, -0.25) is 0 Å². The fraction of sp³-hybridized carbons (Fsp3) is 0.0256. The first kappa shape index (κ1) is 29.1. The molecule has 0 saturated heterocycles. The van der Waals surface area contributed by atoms with Crippen molar-refractivity contribution in [2.45, 2.75) is 6.85 Å². The van der Waals surface area contributed by atoms with Crippen molar-refractivity contribution >= 4 is 21.8 Å². The number of ether oxygens (including phenoxy) is 2. The largest absolute Gasteiger partial charge is 2.00 e. The van der Waals surface area contributed by atoms with Crippen LogP contribution < -0.4 is 9.47 Å². The van der Waals surface area contributed by atoms with Crippen molar-refractivity contribution in [2.75, 3.05) is 0 Å². The summed E-state index contributed by atoms with van der Waals surface area (Å²) in [7, 11) is 0. The Hall–Kier alpha value is -5.02. The van der Waals surface area contributed by atoms with E-state index in [1.807, 2.05) is 97.1 Å². The molecule has 0 aliphatic heterocycles. The van der Waals surface area contributed by atoms with Gasteiger partial charge in [-0.25, -0.2) is 9.97 Å². The van der Waals surface area contributed by atoms with Crippen LogP contribution in [-0.4, -0.2) is 24.5 Å². The Labute approximate surface area is 309 Å². The van der Waals surface area contributed by atoms with Crippen LogP contribution in [-0.2, 0) is 40.8 Å². The summed E-state index contributed by atoms with van der Waals surface area (Å²) in [5.41, 5.74) is 4.38. The fourth-order valence-corrected chi connectivity index (χ4v) is 5.18. The Balaban J connectivity index is 0.00000224. The Morgan fingerprint density at radius 1 is 0.542 bits per heavy atom. The maximum absolute atomic E-state index is 7.78. The van der Waals surface area contributed by atoms with Gasteiger partial charge in [0.2, 0.25) is 5.95 Å². The van der Waals surface area contributed by atoms with E-state index >= 15 is 0 Å². The zero-order valence-electron chi connectivity index (χ0n) is 27.7. The maximum Gasteiger partial charge on any atom is 2.00 e. The molecule has 0 atom stereocenters. The van der Waals surface area contributed by atoms with Gasteiger partial charge >= 0.3 is 40.8 Å². The van der Waals surface area contributed by atoms with Gasteiger partial charge in [-0.1, -0.05) is 47.4 Å². The van der Waals surface area contributed by atoms with E-state index in [4.69, 9.17) is 13.6 Å². The van der Waals surface area contributed by atoms with Crippen LogP contribution >= 0.6 is 0 Å². The normalized spacial score (nSPS) is 11.9. The molecule has 4 aromatic carbocycles. The molecular formula is C39H23N5O2Pd2. The average molecular weight is 810 g/mol. The van der Waals surface area contributed by atoms with Gasteiger partial charge < -0.3 is 24.0 Å². The molecule has 8 rings (SSSR count). The number of pyridine rings is 2. The minimum atomic E-state index is -2.35. The minimum absolute atomic E-state index is 0. The molecule has 0 radical (unpaired) electrons. The zero-order chi connectivity index (χ0) is 33.4. The summed E-state index contributed by atoms with van der Waals surface area (Å²) < 4.78 is 37.6. The van der Waals surface area contributed by atoms with Gasteiger partial charge in [0.25, 0.3) is 0 Å². The molecule has 0 saturated carbocycles. The fourth-order valence-electron chi connectivity index (χ4n) is 5.18. The first-order valence-electron chi connectivity index (χ1n) is 15.9. The van der Waals surface area contributed by atoms with Crippen LogP contribution in [0.15, 0.2) is 122 Å². The Bertz CT molecular complexity index is 2300. The molecule has 0 bridgehead atoms. The minimum Gasteiger partial charge on any atom is -0.503 e. The molecule has 0 spiro atoms. The molecular weight excluding hydrogens is 783 g/mol. The third kappa shape index (κ3) is 6.69. The van der Waals surface area contributed by atoms with Crippen molar-refractivity contribution in [3.05, 3.63) is 152 Å². The maximum atomic E-state index is 7.78. The van der Waals surface area contributed by atoms with E-state index in [0.717, 1.165) is 33.3 Å². The standard InChI is InChI=1S/C39H23N5O2.2Pd/c1-26-24-42-39(43-25-26)44-37-22-31(45-29-10-6-8-27(20-29)35-12-2-4-18-40-35)14-16-33(37)34-17-15-32(23-38(34)44)46-30-11-7-9-28(21-30)36-13-3-5-19-41-36;;/h2-19,24-25H,1H3;;/q-4;2*+2/i1D3;;. The van der Waals surface area contributed by atoms with Crippen molar-refractivity contribution in [2.24, 2.45) is 0 Å². The van der Waals surface area contributed by atoms with Crippen LogP contribution in [0.3, 0.4) is 0 Å². The van der Waals surface area contributed by atoms with Gasteiger partial charge in [0.15, 0.2) is 0 Å². The quantitative estimate of drug-likeness (QED) is 0.119.